The molecule has 1 fully saturated rings. The number of benzene rings is 1. The van der Waals surface area contributed by atoms with E-state index in [1.165, 1.54) is 0 Å². The van der Waals surface area contributed by atoms with E-state index in [-0.39, 0.29) is 23.6 Å². The molecule has 0 radical (unpaired) electrons. The van der Waals surface area contributed by atoms with E-state index in [2.05, 4.69) is 0 Å². The third kappa shape index (κ3) is 5.36. The van der Waals surface area contributed by atoms with Gasteiger partial charge in [0.2, 0.25) is 5.91 Å². The van der Waals surface area contributed by atoms with Gasteiger partial charge in [-0.1, -0.05) is 23.7 Å². The van der Waals surface area contributed by atoms with E-state index in [1.54, 1.807) is 17.0 Å². The van der Waals surface area contributed by atoms with Gasteiger partial charge in [0.25, 0.3) is 0 Å². The maximum Gasteiger partial charge on any atom is 0.304 e. The predicted octanol–water partition coefficient (Wildman–Crippen LogP) is 3.25. The molecule has 1 aromatic carbocycles. The van der Waals surface area contributed by atoms with Crippen molar-refractivity contribution in [3.05, 3.63) is 34.9 Å². The van der Waals surface area contributed by atoms with E-state index >= 15 is 0 Å². The molecule has 3 atom stereocenters. The van der Waals surface area contributed by atoms with Crippen molar-refractivity contribution in [3.8, 4) is 0 Å². The lowest BCUT2D eigenvalue weighted by Crippen LogP contribution is -2.46. The van der Waals surface area contributed by atoms with Gasteiger partial charge in [0, 0.05) is 10.9 Å². The fourth-order valence-electron chi connectivity index (χ4n) is 3.15. The van der Waals surface area contributed by atoms with Crippen LogP contribution in [0, 0.1) is 5.92 Å². The number of hydrogen-bond donors (Lipinski definition) is 1. The van der Waals surface area contributed by atoms with Crippen molar-refractivity contribution in [2.45, 2.75) is 44.4 Å². The van der Waals surface area contributed by atoms with Gasteiger partial charge >= 0.3 is 5.97 Å². The fourth-order valence-corrected chi connectivity index (χ4v) is 4.12. The van der Waals surface area contributed by atoms with E-state index < -0.39 is 23.1 Å². The van der Waals surface area contributed by atoms with Crippen LogP contribution in [0.1, 0.15) is 44.7 Å². The minimum Gasteiger partial charge on any atom is -0.616 e. The van der Waals surface area contributed by atoms with Crippen LogP contribution < -0.4 is 0 Å². The molecular formula is C18H24ClNO4S. The first-order valence-corrected chi connectivity index (χ1v) is 10.2. The number of carboxylic acid groups (broad SMARTS) is 1. The average molecular weight is 386 g/mol. The molecule has 0 spiro atoms. The van der Waals surface area contributed by atoms with E-state index in [9.17, 15) is 14.1 Å². The number of rotatable bonds is 7. The van der Waals surface area contributed by atoms with Crippen molar-refractivity contribution >= 4 is 34.7 Å². The van der Waals surface area contributed by atoms with Crippen molar-refractivity contribution in [2.75, 3.05) is 12.3 Å². The van der Waals surface area contributed by atoms with E-state index in [0.29, 0.717) is 30.2 Å². The summed E-state index contributed by atoms with van der Waals surface area (Å²) in [5.41, 5.74) is 0.974. The zero-order valence-electron chi connectivity index (χ0n) is 14.5. The van der Waals surface area contributed by atoms with Gasteiger partial charge in [0.05, 0.1) is 19.0 Å². The van der Waals surface area contributed by atoms with Crippen LogP contribution in [0.2, 0.25) is 5.02 Å². The minimum atomic E-state index is -1.02. The molecule has 1 heterocycles. The Morgan fingerprint density at radius 3 is 2.56 bits per heavy atom. The molecule has 1 amide bonds. The maximum atomic E-state index is 12.8. The van der Waals surface area contributed by atoms with E-state index in [4.69, 9.17) is 16.7 Å². The molecule has 1 aromatic rings. The standard InChI is InChI=1S/C18H24ClNO4S/c1-12(2)25(24)10-9-20-16(13-3-6-15(19)7-4-13)8-5-14(18(20)23)11-17(21)22/h3-4,6-7,12,14,16H,5,8-11H2,1-2H3,(H,21,22). The monoisotopic (exact) mass is 385 g/mol. The second-order valence-electron chi connectivity index (χ2n) is 6.60. The van der Waals surface area contributed by atoms with Crippen molar-refractivity contribution in [2.24, 2.45) is 5.92 Å². The lowest BCUT2D eigenvalue weighted by atomic mass is 9.86. The Balaban J connectivity index is 2.19. The van der Waals surface area contributed by atoms with E-state index in [0.717, 1.165) is 5.56 Å². The van der Waals surface area contributed by atoms with Gasteiger partial charge in [-0.3, -0.25) is 9.59 Å². The van der Waals surface area contributed by atoms with Crippen LogP contribution in [0.4, 0.5) is 0 Å². The van der Waals surface area contributed by atoms with Crippen LogP contribution in [0.3, 0.4) is 0 Å². The summed E-state index contributed by atoms with van der Waals surface area (Å²) in [4.78, 5) is 25.6. The first-order valence-electron chi connectivity index (χ1n) is 8.44. The van der Waals surface area contributed by atoms with Crippen molar-refractivity contribution in [1.82, 2.24) is 4.90 Å². The highest BCUT2D eigenvalue weighted by Gasteiger charge is 2.37. The third-order valence-corrected chi connectivity index (χ3v) is 6.42. The highest BCUT2D eigenvalue weighted by atomic mass is 35.5. The zero-order chi connectivity index (χ0) is 18.6. The lowest BCUT2D eigenvalue weighted by Gasteiger charge is -2.39. The SMILES string of the molecule is CC(C)[S+]([O-])CCN1C(=O)C(CC(=O)O)CCC1c1ccc(Cl)cc1. The highest BCUT2D eigenvalue weighted by Crippen LogP contribution is 2.35. The molecule has 1 aliphatic heterocycles. The van der Waals surface area contributed by atoms with Gasteiger partial charge in [-0.05, 0) is 55.6 Å². The first kappa shape index (κ1) is 20.1. The molecule has 3 unspecified atom stereocenters. The van der Waals surface area contributed by atoms with Crippen LogP contribution in [-0.4, -0.2) is 44.0 Å². The molecule has 2 rings (SSSR count). The average Bonchev–Trinajstić information content (AvgIpc) is 2.55. The van der Waals surface area contributed by atoms with E-state index in [1.807, 2.05) is 26.0 Å². The normalized spacial score (nSPS) is 22.3. The highest BCUT2D eigenvalue weighted by molar-refractivity contribution is 7.91. The Kier molecular flexibility index (Phi) is 7.16. The first-order chi connectivity index (χ1) is 11.8. The molecule has 0 aromatic heterocycles. The Labute approximate surface area is 156 Å². The molecule has 1 saturated heterocycles. The quantitative estimate of drug-likeness (QED) is 0.730. The van der Waals surface area contributed by atoms with Gasteiger partial charge in [-0.15, -0.1) is 0 Å². The molecule has 0 saturated carbocycles. The minimum absolute atomic E-state index is 0.0312. The summed E-state index contributed by atoms with van der Waals surface area (Å²) in [6.45, 7) is 4.14. The van der Waals surface area contributed by atoms with Gasteiger partial charge in [-0.2, -0.15) is 0 Å². The Morgan fingerprint density at radius 2 is 2.00 bits per heavy atom. The molecule has 0 bridgehead atoms. The molecular weight excluding hydrogens is 362 g/mol. The third-order valence-electron chi connectivity index (χ3n) is 4.53. The summed E-state index contributed by atoms with van der Waals surface area (Å²) in [5, 5.41) is 9.70. The second kappa shape index (κ2) is 8.92. The maximum absolute atomic E-state index is 12.8. The Morgan fingerprint density at radius 1 is 1.36 bits per heavy atom. The summed E-state index contributed by atoms with van der Waals surface area (Å²) in [6, 6.07) is 7.23. The number of halogens is 1. The van der Waals surface area contributed by atoms with Crippen LogP contribution in [0.15, 0.2) is 24.3 Å². The molecule has 7 heteroatoms. The summed E-state index contributed by atoms with van der Waals surface area (Å²) in [6.07, 6.45) is 1.08. The summed E-state index contributed by atoms with van der Waals surface area (Å²) in [7, 11) is 0. The lowest BCUT2D eigenvalue weighted by molar-refractivity contribution is -0.148. The number of carboxylic acids is 1. The molecule has 0 aliphatic carbocycles. The Bertz CT molecular complexity index is 608. The second-order valence-corrected chi connectivity index (χ2v) is 9.15. The van der Waals surface area contributed by atoms with Crippen molar-refractivity contribution in [1.29, 1.82) is 0 Å². The van der Waals surface area contributed by atoms with Crippen LogP contribution >= 0.6 is 11.6 Å². The molecule has 138 valence electrons. The van der Waals surface area contributed by atoms with Crippen molar-refractivity contribution in [3.63, 3.8) is 0 Å². The number of carbonyl (C=O) groups excluding carboxylic acids is 1. The number of nitrogens with zero attached hydrogens (tertiary/aromatic N) is 1. The number of piperidine rings is 1. The molecule has 5 nitrogen and oxygen atoms in total. The smallest absolute Gasteiger partial charge is 0.304 e. The van der Waals surface area contributed by atoms with Gasteiger partial charge in [-0.25, -0.2) is 0 Å². The summed E-state index contributed by atoms with van der Waals surface area (Å²) >= 11 is 4.93. The van der Waals surface area contributed by atoms with Gasteiger partial charge < -0.3 is 14.6 Å². The molecule has 1 aliphatic rings. The van der Waals surface area contributed by atoms with Crippen LogP contribution in [-0.2, 0) is 20.8 Å². The number of amides is 1. The van der Waals surface area contributed by atoms with Crippen molar-refractivity contribution < 1.29 is 19.2 Å². The van der Waals surface area contributed by atoms with Crippen LogP contribution in [0.25, 0.3) is 0 Å². The molecule has 25 heavy (non-hydrogen) atoms. The largest absolute Gasteiger partial charge is 0.616 e. The predicted molar refractivity (Wildman–Crippen MR) is 99.0 cm³/mol. The van der Waals surface area contributed by atoms with Gasteiger partial charge in [0.1, 0.15) is 11.0 Å². The summed E-state index contributed by atoms with van der Waals surface area (Å²) < 4.78 is 12.1. The summed E-state index contributed by atoms with van der Waals surface area (Å²) in [5.74, 6) is -1.23. The number of likely N-dealkylation sites (tertiary alicyclic amines) is 1. The van der Waals surface area contributed by atoms with Crippen LogP contribution in [0.5, 0.6) is 0 Å². The zero-order valence-corrected chi connectivity index (χ0v) is 16.1. The fraction of sp³-hybridized carbons (Fsp3) is 0.556. The topological polar surface area (TPSA) is 80.7 Å². The number of aliphatic carboxylic acids is 1. The molecule has 1 N–H and O–H groups in total. The number of carbonyl (C=O) groups is 2. The van der Waals surface area contributed by atoms with Gasteiger partial charge in [0.15, 0.2) is 0 Å². The number of hydrogen-bond acceptors (Lipinski definition) is 3. The Hall–Kier alpha value is -1.24.